The largest absolute Gasteiger partial charge is 0.480 e. The summed E-state index contributed by atoms with van der Waals surface area (Å²) in [4.78, 5) is 33.5. The SMILES string of the molecule is C=CCCCOC(=O)N[C@@H](CNSc1ccccc1[N+](=O)[O-])C(=O)O. The van der Waals surface area contributed by atoms with E-state index in [2.05, 4.69) is 16.6 Å². The third kappa shape index (κ3) is 7.68. The molecule has 0 unspecified atom stereocenters. The molecule has 1 aromatic carbocycles. The molecule has 1 amide bonds. The van der Waals surface area contributed by atoms with Crippen LogP contribution in [0.15, 0.2) is 41.8 Å². The van der Waals surface area contributed by atoms with Crippen LogP contribution in [0.2, 0.25) is 0 Å². The molecule has 0 radical (unpaired) electrons. The van der Waals surface area contributed by atoms with Crippen LogP contribution in [0, 0.1) is 10.1 Å². The van der Waals surface area contributed by atoms with E-state index in [4.69, 9.17) is 9.84 Å². The number of hydrogen-bond acceptors (Lipinski definition) is 7. The number of amides is 1. The second kappa shape index (κ2) is 11.0. The van der Waals surface area contributed by atoms with Crippen molar-refractivity contribution in [3.05, 3.63) is 47.0 Å². The fourth-order valence-corrected chi connectivity index (χ4v) is 2.47. The summed E-state index contributed by atoms with van der Waals surface area (Å²) in [5, 5.41) is 22.3. The number of aliphatic carboxylic acids is 1. The molecule has 10 heteroatoms. The fraction of sp³-hybridized carbons (Fsp3) is 0.333. The monoisotopic (exact) mass is 369 g/mol. The summed E-state index contributed by atoms with van der Waals surface area (Å²) >= 11 is 0.914. The zero-order chi connectivity index (χ0) is 18.7. The third-order valence-electron chi connectivity index (χ3n) is 2.91. The van der Waals surface area contributed by atoms with Crippen LogP contribution in [0.4, 0.5) is 10.5 Å². The van der Waals surface area contributed by atoms with E-state index in [-0.39, 0.29) is 18.8 Å². The van der Waals surface area contributed by atoms with Crippen molar-refractivity contribution in [2.45, 2.75) is 23.8 Å². The summed E-state index contributed by atoms with van der Waals surface area (Å²) in [5.41, 5.74) is -0.0959. The lowest BCUT2D eigenvalue weighted by atomic mass is 10.3. The van der Waals surface area contributed by atoms with Gasteiger partial charge in [0.05, 0.1) is 11.5 Å². The van der Waals surface area contributed by atoms with Crippen LogP contribution in [0.1, 0.15) is 12.8 Å². The molecule has 3 N–H and O–H groups in total. The number of nitro groups is 1. The maximum atomic E-state index is 11.6. The van der Waals surface area contributed by atoms with E-state index in [1.165, 1.54) is 18.2 Å². The maximum Gasteiger partial charge on any atom is 0.407 e. The fourth-order valence-electron chi connectivity index (χ4n) is 1.67. The molecule has 0 fully saturated rings. The zero-order valence-electron chi connectivity index (χ0n) is 13.3. The number of ether oxygens (including phenoxy) is 1. The molecular weight excluding hydrogens is 350 g/mol. The molecule has 0 aromatic heterocycles. The van der Waals surface area contributed by atoms with Gasteiger partial charge in [-0.25, -0.2) is 9.59 Å². The topological polar surface area (TPSA) is 131 Å². The quantitative estimate of drug-likeness (QED) is 0.178. The predicted octanol–water partition coefficient (Wildman–Crippen LogP) is 2.34. The van der Waals surface area contributed by atoms with Gasteiger partial charge in [0.2, 0.25) is 0 Å². The smallest absolute Gasteiger partial charge is 0.407 e. The van der Waals surface area contributed by atoms with Crippen molar-refractivity contribution in [2.75, 3.05) is 13.2 Å². The van der Waals surface area contributed by atoms with E-state index in [1.54, 1.807) is 12.1 Å². The minimum absolute atomic E-state index is 0.0959. The molecule has 0 saturated heterocycles. The van der Waals surface area contributed by atoms with Crippen molar-refractivity contribution < 1.29 is 24.4 Å². The van der Waals surface area contributed by atoms with Gasteiger partial charge in [-0.1, -0.05) is 18.2 Å². The Morgan fingerprint density at radius 3 is 2.80 bits per heavy atom. The summed E-state index contributed by atoms with van der Waals surface area (Å²) < 4.78 is 7.56. The van der Waals surface area contributed by atoms with Crippen LogP contribution in [0.3, 0.4) is 0 Å². The number of rotatable bonds is 11. The molecule has 0 saturated carbocycles. The van der Waals surface area contributed by atoms with Crippen LogP contribution in [0.25, 0.3) is 0 Å². The Morgan fingerprint density at radius 1 is 1.44 bits per heavy atom. The highest BCUT2D eigenvalue weighted by molar-refractivity contribution is 7.97. The van der Waals surface area contributed by atoms with Gasteiger partial charge in [-0.15, -0.1) is 6.58 Å². The molecule has 0 heterocycles. The number of carbonyl (C=O) groups excluding carboxylic acids is 1. The lowest BCUT2D eigenvalue weighted by Gasteiger charge is -2.15. The van der Waals surface area contributed by atoms with E-state index >= 15 is 0 Å². The van der Waals surface area contributed by atoms with Gasteiger partial charge in [-0.2, -0.15) is 0 Å². The van der Waals surface area contributed by atoms with Gasteiger partial charge in [-0.05, 0) is 30.9 Å². The Labute approximate surface area is 148 Å². The molecular formula is C15H19N3O6S. The summed E-state index contributed by atoms with van der Waals surface area (Å²) in [7, 11) is 0. The molecule has 0 bridgehead atoms. The Hall–Kier alpha value is -2.59. The summed E-state index contributed by atoms with van der Waals surface area (Å²) in [5.74, 6) is -1.25. The first kappa shape index (κ1) is 20.5. The van der Waals surface area contributed by atoms with E-state index in [9.17, 15) is 19.7 Å². The molecule has 25 heavy (non-hydrogen) atoms. The van der Waals surface area contributed by atoms with Gasteiger partial charge in [0.25, 0.3) is 5.69 Å². The van der Waals surface area contributed by atoms with Gasteiger partial charge in [0, 0.05) is 12.6 Å². The number of nitrogens with zero attached hydrogens (tertiary/aromatic N) is 1. The number of para-hydroxylation sites is 1. The summed E-state index contributed by atoms with van der Waals surface area (Å²) in [6.45, 7) is 3.55. The van der Waals surface area contributed by atoms with Crippen molar-refractivity contribution in [3.63, 3.8) is 0 Å². The first-order valence-corrected chi connectivity index (χ1v) is 8.17. The number of alkyl carbamates (subject to hydrolysis) is 1. The van der Waals surface area contributed by atoms with Crippen molar-refractivity contribution >= 4 is 29.7 Å². The Bertz CT molecular complexity index is 625. The van der Waals surface area contributed by atoms with Crippen LogP contribution in [-0.2, 0) is 9.53 Å². The molecule has 1 aromatic rings. The standard InChI is InChI=1S/C15H19N3O6S/c1-2-3-6-9-24-15(21)17-11(14(19)20)10-16-25-13-8-5-4-7-12(13)18(22)23/h2,4-5,7-8,11,16H,1,3,6,9-10H2,(H,17,21)(H,19,20)/t11-/m0/s1. The number of carbonyl (C=O) groups is 2. The van der Waals surface area contributed by atoms with E-state index in [0.29, 0.717) is 17.7 Å². The number of nitro benzene ring substituents is 1. The Kier molecular flexibility index (Phi) is 9.04. The highest BCUT2D eigenvalue weighted by Crippen LogP contribution is 2.26. The van der Waals surface area contributed by atoms with Crippen LogP contribution in [0.5, 0.6) is 0 Å². The molecule has 1 atom stereocenters. The van der Waals surface area contributed by atoms with Gasteiger partial charge in [0.1, 0.15) is 10.9 Å². The zero-order valence-corrected chi connectivity index (χ0v) is 14.2. The lowest BCUT2D eigenvalue weighted by Crippen LogP contribution is -2.46. The number of hydrogen-bond donors (Lipinski definition) is 3. The minimum Gasteiger partial charge on any atom is -0.480 e. The second-order valence-corrected chi connectivity index (χ2v) is 5.71. The summed E-state index contributed by atoms with van der Waals surface area (Å²) in [6, 6.07) is 4.81. The number of nitrogens with one attached hydrogen (secondary N) is 2. The predicted molar refractivity (Wildman–Crippen MR) is 92.3 cm³/mol. The van der Waals surface area contributed by atoms with E-state index in [0.717, 1.165) is 11.9 Å². The van der Waals surface area contributed by atoms with Crippen LogP contribution < -0.4 is 10.0 Å². The Morgan fingerprint density at radius 2 is 2.16 bits per heavy atom. The average Bonchev–Trinajstić information content (AvgIpc) is 2.58. The first-order chi connectivity index (χ1) is 12.0. The molecule has 0 aliphatic heterocycles. The summed E-state index contributed by atoms with van der Waals surface area (Å²) in [6.07, 6.45) is 2.13. The Balaban J connectivity index is 2.48. The van der Waals surface area contributed by atoms with Crippen molar-refractivity contribution in [2.24, 2.45) is 0 Å². The second-order valence-electron chi connectivity index (χ2n) is 4.78. The van der Waals surface area contributed by atoms with E-state index in [1.807, 2.05) is 0 Å². The number of unbranched alkanes of at least 4 members (excludes halogenated alkanes) is 1. The van der Waals surface area contributed by atoms with Crippen LogP contribution >= 0.6 is 11.9 Å². The van der Waals surface area contributed by atoms with Crippen molar-refractivity contribution in [1.29, 1.82) is 0 Å². The lowest BCUT2D eigenvalue weighted by molar-refractivity contribution is -0.387. The number of benzene rings is 1. The number of allylic oxidation sites excluding steroid dienone is 1. The normalized spacial score (nSPS) is 11.4. The average molecular weight is 369 g/mol. The number of carboxylic acids is 1. The van der Waals surface area contributed by atoms with Gasteiger partial charge in [-0.3, -0.25) is 14.8 Å². The third-order valence-corrected chi connectivity index (χ3v) is 3.78. The van der Waals surface area contributed by atoms with Gasteiger partial charge in [0.15, 0.2) is 0 Å². The molecule has 1 rings (SSSR count). The van der Waals surface area contributed by atoms with Crippen LogP contribution in [-0.4, -0.2) is 41.3 Å². The first-order valence-electron chi connectivity index (χ1n) is 7.35. The van der Waals surface area contributed by atoms with Gasteiger partial charge >= 0.3 is 12.1 Å². The van der Waals surface area contributed by atoms with Gasteiger partial charge < -0.3 is 15.2 Å². The molecule has 0 aliphatic rings. The molecule has 9 nitrogen and oxygen atoms in total. The van der Waals surface area contributed by atoms with Crippen molar-refractivity contribution in [3.8, 4) is 0 Å². The molecule has 0 aliphatic carbocycles. The molecule has 136 valence electrons. The van der Waals surface area contributed by atoms with Crippen molar-refractivity contribution in [1.82, 2.24) is 10.0 Å². The maximum absolute atomic E-state index is 11.6. The highest BCUT2D eigenvalue weighted by Gasteiger charge is 2.21. The number of carboxylic acid groups (broad SMARTS) is 1. The highest BCUT2D eigenvalue weighted by atomic mass is 32.2. The minimum atomic E-state index is -1.25. The molecule has 0 spiro atoms. The van der Waals surface area contributed by atoms with E-state index < -0.39 is 23.0 Å².